The standard InChI is InChI=1S/C26H32N2O4S/c1-19(30)24(16-21-11-7-4-8-12-21)28-26(32)22(15-20-9-5-3-6-10-20)17-25(31)23(27-18-29)13-14-33-2/h3-12,18,22-24H,13-17H2,1-2H3,(H,27,29)(H,28,32)/t22-,23+,24+/m1/s1. The van der Waals surface area contributed by atoms with E-state index < -0.39 is 18.0 Å². The SMILES string of the molecule is CSCC[C@H](NC=O)C(=O)C[C@@H](Cc1ccccc1)C(=O)N[C@@H](Cc1ccccc1)C(C)=O. The molecule has 0 unspecified atom stereocenters. The first-order valence-electron chi connectivity index (χ1n) is 11.0. The van der Waals surface area contributed by atoms with E-state index in [2.05, 4.69) is 10.6 Å². The van der Waals surface area contributed by atoms with E-state index in [9.17, 15) is 19.2 Å². The predicted molar refractivity (Wildman–Crippen MR) is 132 cm³/mol. The lowest BCUT2D eigenvalue weighted by molar-refractivity contribution is -0.132. The number of carbonyl (C=O) groups is 4. The summed E-state index contributed by atoms with van der Waals surface area (Å²) in [7, 11) is 0. The zero-order chi connectivity index (χ0) is 24.1. The number of amides is 2. The monoisotopic (exact) mass is 468 g/mol. The predicted octanol–water partition coefficient (Wildman–Crippen LogP) is 2.99. The average Bonchev–Trinajstić information content (AvgIpc) is 2.82. The van der Waals surface area contributed by atoms with Gasteiger partial charge in [-0.15, -0.1) is 0 Å². The summed E-state index contributed by atoms with van der Waals surface area (Å²) >= 11 is 1.59. The number of ketones is 2. The van der Waals surface area contributed by atoms with E-state index in [1.807, 2.05) is 66.9 Å². The molecule has 0 radical (unpaired) electrons. The highest BCUT2D eigenvalue weighted by Gasteiger charge is 2.29. The van der Waals surface area contributed by atoms with Crippen LogP contribution in [0.5, 0.6) is 0 Å². The van der Waals surface area contributed by atoms with Crippen LogP contribution < -0.4 is 10.6 Å². The molecule has 6 nitrogen and oxygen atoms in total. The molecule has 0 aliphatic heterocycles. The molecule has 0 saturated carbocycles. The molecular formula is C26H32N2O4S. The molecule has 0 spiro atoms. The Morgan fingerprint density at radius 1 is 0.909 bits per heavy atom. The Morgan fingerprint density at radius 2 is 1.48 bits per heavy atom. The molecule has 2 aromatic carbocycles. The Balaban J connectivity index is 2.18. The molecule has 3 atom stereocenters. The van der Waals surface area contributed by atoms with Crippen LogP contribution in [0.15, 0.2) is 60.7 Å². The first-order valence-corrected chi connectivity index (χ1v) is 12.4. The maximum absolute atomic E-state index is 13.3. The van der Waals surface area contributed by atoms with Crippen molar-refractivity contribution in [3.63, 3.8) is 0 Å². The number of Topliss-reactive ketones (excluding diaryl/α,β-unsaturated/α-hetero) is 2. The minimum Gasteiger partial charge on any atom is -0.349 e. The second kappa shape index (κ2) is 14.3. The molecule has 176 valence electrons. The third kappa shape index (κ3) is 9.22. The van der Waals surface area contributed by atoms with Crippen LogP contribution in [0.25, 0.3) is 0 Å². The van der Waals surface area contributed by atoms with Gasteiger partial charge in [0.25, 0.3) is 0 Å². The molecule has 0 aliphatic rings. The summed E-state index contributed by atoms with van der Waals surface area (Å²) < 4.78 is 0. The van der Waals surface area contributed by atoms with Crippen LogP contribution in [0.1, 0.15) is 30.9 Å². The molecule has 0 aliphatic carbocycles. The van der Waals surface area contributed by atoms with E-state index in [1.165, 1.54) is 6.92 Å². The molecule has 7 heteroatoms. The van der Waals surface area contributed by atoms with Gasteiger partial charge in [0, 0.05) is 12.3 Å². The maximum Gasteiger partial charge on any atom is 0.224 e. The van der Waals surface area contributed by atoms with Gasteiger partial charge < -0.3 is 10.6 Å². The summed E-state index contributed by atoms with van der Waals surface area (Å²) in [5.74, 6) is -0.594. The zero-order valence-corrected chi connectivity index (χ0v) is 20.0. The molecule has 0 saturated heterocycles. The number of hydrogen-bond donors (Lipinski definition) is 2. The molecular weight excluding hydrogens is 436 g/mol. The third-order valence-electron chi connectivity index (χ3n) is 5.50. The third-order valence-corrected chi connectivity index (χ3v) is 6.15. The lowest BCUT2D eigenvalue weighted by atomic mass is 9.90. The van der Waals surface area contributed by atoms with E-state index in [1.54, 1.807) is 11.8 Å². The minimum absolute atomic E-state index is 0.0173. The van der Waals surface area contributed by atoms with Crippen molar-refractivity contribution in [3.05, 3.63) is 71.8 Å². The van der Waals surface area contributed by atoms with Crippen molar-refractivity contribution >= 4 is 35.6 Å². The Hall–Kier alpha value is -2.93. The highest BCUT2D eigenvalue weighted by atomic mass is 32.2. The number of benzene rings is 2. The van der Waals surface area contributed by atoms with Crippen molar-refractivity contribution in [1.29, 1.82) is 0 Å². The number of hydrogen-bond acceptors (Lipinski definition) is 5. The fourth-order valence-electron chi connectivity index (χ4n) is 3.63. The minimum atomic E-state index is -0.673. The highest BCUT2D eigenvalue weighted by molar-refractivity contribution is 7.98. The topological polar surface area (TPSA) is 92.3 Å². The number of nitrogens with one attached hydrogen (secondary N) is 2. The van der Waals surface area contributed by atoms with Gasteiger partial charge in [0.1, 0.15) is 0 Å². The van der Waals surface area contributed by atoms with Crippen molar-refractivity contribution in [2.45, 2.75) is 44.7 Å². The molecule has 0 bridgehead atoms. The first kappa shape index (κ1) is 26.3. The number of thioether (sulfide) groups is 1. The van der Waals surface area contributed by atoms with Gasteiger partial charge in [-0.2, -0.15) is 11.8 Å². The maximum atomic E-state index is 13.3. The Bertz CT molecular complexity index is 905. The average molecular weight is 469 g/mol. The largest absolute Gasteiger partial charge is 0.349 e. The molecule has 2 N–H and O–H groups in total. The van der Waals surface area contributed by atoms with Gasteiger partial charge in [0.05, 0.1) is 12.1 Å². The zero-order valence-electron chi connectivity index (χ0n) is 19.2. The van der Waals surface area contributed by atoms with E-state index in [4.69, 9.17) is 0 Å². The second-order valence-corrected chi connectivity index (χ2v) is 9.02. The molecule has 0 heterocycles. The lowest BCUT2D eigenvalue weighted by Crippen LogP contribution is -2.46. The van der Waals surface area contributed by atoms with Gasteiger partial charge in [-0.25, -0.2) is 0 Å². The number of carbonyl (C=O) groups excluding carboxylic acids is 4. The van der Waals surface area contributed by atoms with Crippen molar-refractivity contribution in [3.8, 4) is 0 Å². The van der Waals surface area contributed by atoms with Crippen molar-refractivity contribution in [2.75, 3.05) is 12.0 Å². The summed E-state index contributed by atoms with van der Waals surface area (Å²) in [6.07, 6.45) is 3.70. The van der Waals surface area contributed by atoms with Gasteiger partial charge in [-0.05, 0) is 49.3 Å². The fourth-order valence-corrected chi connectivity index (χ4v) is 4.10. The molecule has 2 rings (SSSR count). The van der Waals surface area contributed by atoms with E-state index in [0.29, 0.717) is 25.7 Å². The molecule has 2 aromatic rings. The summed E-state index contributed by atoms with van der Waals surface area (Å²) in [6.45, 7) is 1.46. The van der Waals surface area contributed by atoms with Gasteiger partial charge in [-0.1, -0.05) is 60.7 Å². The second-order valence-electron chi connectivity index (χ2n) is 8.04. The Labute approximate surface area is 199 Å². The van der Waals surface area contributed by atoms with E-state index in [0.717, 1.165) is 16.9 Å². The van der Waals surface area contributed by atoms with Crippen molar-refractivity contribution in [2.24, 2.45) is 5.92 Å². The quantitative estimate of drug-likeness (QED) is 0.392. The molecule has 0 aromatic heterocycles. The van der Waals surface area contributed by atoms with Gasteiger partial charge in [-0.3, -0.25) is 19.2 Å². The molecule has 0 fully saturated rings. The first-order chi connectivity index (χ1) is 15.9. The summed E-state index contributed by atoms with van der Waals surface area (Å²) in [5.41, 5.74) is 1.87. The van der Waals surface area contributed by atoms with Crippen LogP contribution in [-0.2, 0) is 32.0 Å². The summed E-state index contributed by atoms with van der Waals surface area (Å²) in [6, 6.07) is 17.7. The molecule has 33 heavy (non-hydrogen) atoms. The number of rotatable bonds is 15. The van der Waals surface area contributed by atoms with Crippen LogP contribution in [-0.4, -0.2) is 48.0 Å². The van der Waals surface area contributed by atoms with Gasteiger partial charge in [0.2, 0.25) is 12.3 Å². The Kier molecular flexibility index (Phi) is 11.4. The normalized spacial score (nSPS) is 13.4. The summed E-state index contributed by atoms with van der Waals surface area (Å²) in [4.78, 5) is 49.5. The van der Waals surface area contributed by atoms with Crippen molar-refractivity contribution < 1.29 is 19.2 Å². The smallest absolute Gasteiger partial charge is 0.224 e. The lowest BCUT2D eigenvalue weighted by Gasteiger charge is -2.23. The van der Waals surface area contributed by atoms with Crippen LogP contribution in [0.4, 0.5) is 0 Å². The van der Waals surface area contributed by atoms with Crippen LogP contribution in [0.2, 0.25) is 0 Å². The van der Waals surface area contributed by atoms with Crippen LogP contribution >= 0.6 is 11.8 Å². The van der Waals surface area contributed by atoms with E-state index >= 15 is 0 Å². The summed E-state index contributed by atoms with van der Waals surface area (Å²) in [5, 5.41) is 5.46. The van der Waals surface area contributed by atoms with Gasteiger partial charge >= 0.3 is 0 Å². The molecule has 2 amide bonds. The van der Waals surface area contributed by atoms with Crippen LogP contribution in [0, 0.1) is 5.92 Å². The van der Waals surface area contributed by atoms with E-state index in [-0.39, 0.29) is 23.9 Å². The highest BCUT2D eigenvalue weighted by Crippen LogP contribution is 2.17. The van der Waals surface area contributed by atoms with Crippen LogP contribution in [0.3, 0.4) is 0 Å². The fraction of sp³-hybridized carbons (Fsp3) is 0.385. The van der Waals surface area contributed by atoms with Gasteiger partial charge in [0.15, 0.2) is 11.6 Å². The Morgan fingerprint density at radius 3 is 2.00 bits per heavy atom. The van der Waals surface area contributed by atoms with Crippen molar-refractivity contribution in [1.82, 2.24) is 10.6 Å².